The van der Waals surface area contributed by atoms with Gasteiger partial charge in [-0.1, -0.05) is 0 Å². The Balaban J connectivity index is 2.14. The number of fused-ring (bicyclic) bond motifs is 1. The summed E-state index contributed by atoms with van der Waals surface area (Å²) in [6, 6.07) is 11.0. The van der Waals surface area contributed by atoms with Crippen molar-refractivity contribution in [2.75, 3.05) is 7.11 Å². The Morgan fingerprint density at radius 2 is 2.00 bits per heavy atom. The number of aromatic amines is 1. The first kappa shape index (κ1) is 11.6. The largest absolute Gasteiger partial charge is 0.508 e. The maximum Gasteiger partial charge on any atom is 0.138 e. The van der Waals surface area contributed by atoms with Crippen molar-refractivity contribution < 1.29 is 9.84 Å². The maximum atomic E-state index is 9.45. The first-order valence-corrected chi connectivity index (χ1v) is 6.01. The number of nitrogens with one attached hydrogen (secondary N) is 1. The van der Waals surface area contributed by atoms with E-state index in [0.717, 1.165) is 33.7 Å². The number of aromatic nitrogens is 2. The second kappa shape index (κ2) is 4.31. The minimum atomic E-state index is 0.263. The third-order valence-corrected chi connectivity index (χ3v) is 3.15. The summed E-state index contributed by atoms with van der Waals surface area (Å²) >= 11 is 0. The third kappa shape index (κ3) is 2.01. The van der Waals surface area contributed by atoms with E-state index in [4.69, 9.17) is 4.74 Å². The van der Waals surface area contributed by atoms with Gasteiger partial charge in [0.05, 0.1) is 18.1 Å². The Morgan fingerprint density at radius 1 is 1.16 bits per heavy atom. The van der Waals surface area contributed by atoms with E-state index >= 15 is 0 Å². The van der Waals surface area contributed by atoms with E-state index in [-0.39, 0.29) is 5.75 Å². The smallest absolute Gasteiger partial charge is 0.138 e. The van der Waals surface area contributed by atoms with Gasteiger partial charge >= 0.3 is 0 Å². The Labute approximate surface area is 110 Å². The molecule has 0 unspecified atom stereocenters. The van der Waals surface area contributed by atoms with E-state index in [1.165, 1.54) is 0 Å². The highest BCUT2D eigenvalue weighted by Gasteiger charge is 2.08. The molecule has 0 aliphatic carbocycles. The fourth-order valence-corrected chi connectivity index (χ4v) is 2.16. The SMILES string of the molecule is COc1ccc2nc(-c3ccc(O)cc3C)[nH]c2c1. The molecule has 1 aromatic heterocycles. The normalized spacial score (nSPS) is 10.8. The molecule has 3 aromatic rings. The van der Waals surface area contributed by atoms with Crippen LogP contribution in [0.2, 0.25) is 0 Å². The van der Waals surface area contributed by atoms with Crippen LogP contribution in [0.3, 0.4) is 0 Å². The van der Waals surface area contributed by atoms with E-state index in [2.05, 4.69) is 9.97 Å². The molecule has 1 heterocycles. The molecule has 0 amide bonds. The van der Waals surface area contributed by atoms with Gasteiger partial charge in [0.1, 0.15) is 17.3 Å². The lowest BCUT2D eigenvalue weighted by atomic mass is 10.1. The van der Waals surface area contributed by atoms with Crippen LogP contribution in [0.1, 0.15) is 5.56 Å². The molecule has 2 N–H and O–H groups in total. The van der Waals surface area contributed by atoms with Crippen LogP contribution in [0.25, 0.3) is 22.4 Å². The number of methoxy groups -OCH3 is 1. The van der Waals surface area contributed by atoms with Crippen molar-refractivity contribution in [3.63, 3.8) is 0 Å². The van der Waals surface area contributed by atoms with Gasteiger partial charge in [-0.05, 0) is 42.8 Å². The lowest BCUT2D eigenvalue weighted by Gasteiger charge is -2.02. The third-order valence-electron chi connectivity index (χ3n) is 3.15. The second-order valence-electron chi connectivity index (χ2n) is 4.47. The van der Waals surface area contributed by atoms with E-state index in [1.807, 2.05) is 31.2 Å². The molecule has 0 aliphatic rings. The minimum Gasteiger partial charge on any atom is -0.508 e. The number of phenols is 1. The van der Waals surface area contributed by atoms with Crippen molar-refractivity contribution in [3.05, 3.63) is 42.0 Å². The number of ether oxygens (including phenoxy) is 1. The zero-order valence-corrected chi connectivity index (χ0v) is 10.8. The predicted octanol–water partition coefficient (Wildman–Crippen LogP) is 3.25. The standard InChI is InChI=1S/C15H14N2O2/c1-9-7-10(18)3-5-12(9)15-16-13-6-4-11(19-2)8-14(13)17-15/h3-8,18H,1-2H3,(H,16,17). The van der Waals surface area contributed by atoms with Gasteiger partial charge in [0.2, 0.25) is 0 Å². The minimum absolute atomic E-state index is 0.263. The molecule has 0 saturated carbocycles. The topological polar surface area (TPSA) is 58.1 Å². The van der Waals surface area contributed by atoms with Crippen LogP contribution in [0.15, 0.2) is 36.4 Å². The molecule has 0 atom stereocenters. The molecule has 0 aliphatic heterocycles. The van der Waals surface area contributed by atoms with Gasteiger partial charge in [-0.2, -0.15) is 0 Å². The summed E-state index contributed by atoms with van der Waals surface area (Å²) in [5.41, 5.74) is 3.78. The lowest BCUT2D eigenvalue weighted by Crippen LogP contribution is -1.84. The van der Waals surface area contributed by atoms with E-state index < -0.39 is 0 Å². The number of rotatable bonds is 2. The number of H-pyrrole nitrogens is 1. The van der Waals surface area contributed by atoms with Crippen LogP contribution < -0.4 is 4.74 Å². The molecule has 0 spiro atoms. The molecule has 0 saturated heterocycles. The summed E-state index contributed by atoms with van der Waals surface area (Å²) in [6.45, 7) is 1.95. The number of hydrogen-bond acceptors (Lipinski definition) is 3. The fraction of sp³-hybridized carbons (Fsp3) is 0.133. The van der Waals surface area contributed by atoms with Gasteiger partial charge in [-0.25, -0.2) is 4.98 Å². The first-order chi connectivity index (χ1) is 9.17. The highest BCUT2D eigenvalue weighted by atomic mass is 16.5. The predicted molar refractivity (Wildman–Crippen MR) is 74.5 cm³/mol. The van der Waals surface area contributed by atoms with Gasteiger partial charge < -0.3 is 14.8 Å². The quantitative estimate of drug-likeness (QED) is 0.738. The number of hydrogen-bond donors (Lipinski definition) is 2. The Bertz CT molecular complexity index is 747. The number of aryl methyl sites for hydroxylation is 1. The lowest BCUT2D eigenvalue weighted by molar-refractivity contribution is 0.415. The molecule has 0 fully saturated rings. The summed E-state index contributed by atoms with van der Waals surface area (Å²) in [6.07, 6.45) is 0. The molecule has 0 bridgehead atoms. The number of phenolic OH excluding ortho intramolecular Hbond substituents is 1. The fourth-order valence-electron chi connectivity index (χ4n) is 2.16. The van der Waals surface area contributed by atoms with Crippen molar-refractivity contribution >= 4 is 11.0 Å². The zero-order valence-electron chi connectivity index (χ0n) is 10.8. The average Bonchev–Trinajstić information content (AvgIpc) is 2.80. The van der Waals surface area contributed by atoms with Gasteiger partial charge in [0, 0.05) is 11.6 Å². The van der Waals surface area contributed by atoms with Gasteiger partial charge in [-0.15, -0.1) is 0 Å². The average molecular weight is 254 g/mol. The Morgan fingerprint density at radius 3 is 2.74 bits per heavy atom. The summed E-state index contributed by atoms with van der Waals surface area (Å²) in [7, 11) is 1.64. The molecule has 4 heteroatoms. The van der Waals surface area contributed by atoms with E-state index in [1.54, 1.807) is 19.2 Å². The molecular weight excluding hydrogens is 240 g/mol. The molecule has 3 rings (SSSR count). The monoisotopic (exact) mass is 254 g/mol. The van der Waals surface area contributed by atoms with Gasteiger partial charge in [0.15, 0.2) is 0 Å². The summed E-state index contributed by atoms with van der Waals surface area (Å²) in [5, 5.41) is 9.45. The van der Waals surface area contributed by atoms with Crippen LogP contribution in [0.5, 0.6) is 11.5 Å². The summed E-state index contributed by atoms with van der Waals surface area (Å²) < 4.78 is 5.20. The van der Waals surface area contributed by atoms with Crippen LogP contribution in [-0.4, -0.2) is 22.2 Å². The highest BCUT2D eigenvalue weighted by molar-refractivity contribution is 5.81. The van der Waals surface area contributed by atoms with Gasteiger partial charge in [-0.3, -0.25) is 0 Å². The second-order valence-corrected chi connectivity index (χ2v) is 4.47. The molecule has 96 valence electrons. The number of aromatic hydroxyl groups is 1. The molecule has 0 radical (unpaired) electrons. The van der Waals surface area contributed by atoms with Crippen LogP contribution in [0, 0.1) is 6.92 Å². The van der Waals surface area contributed by atoms with Crippen molar-refractivity contribution in [2.24, 2.45) is 0 Å². The zero-order chi connectivity index (χ0) is 13.4. The summed E-state index contributed by atoms with van der Waals surface area (Å²) in [4.78, 5) is 7.83. The van der Waals surface area contributed by atoms with Crippen molar-refractivity contribution in [3.8, 4) is 22.9 Å². The molecule has 4 nitrogen and oxygen atoms in total. The molecular formula is C15H14N2O2. The molecule has 19 heavy (non-hydrogen) atoms. The van der Waals surface area contributed by atoms with Gasteiger partial charge in [0.25, 0.3) is 0 Å². The number of imidazole rings is 1. The highest BCUT2D eigenvalue weighted by Crippen LogP contribution is 2.27. The van der Waals surface area contributed by atoms with Crippen LogP contribution >= 0.6 is 0 Å². The van der Waals surface area contributed by atoms with Crippen LogP contribution in [-0.2, 0) is 0 Å². The first-order valence-electron chi connectivity index (χ1n) is 6.01. The summed E-state index contributed by atoms with van der Waals surface area (Å²) in [5.74, 6) is 1.85. The number of nitrogens with zero attached hydrogens (tertiary/aromatic N) is 1. The Kier molecular flexibility index (Phi) is 2.63. The van der Waals surface area contributed by atoms with E-state index in [9.17, 15) is 5.11 Å². The molecule has 2 aromatic carbocycles. The Hall–Kier alpha value is -2.49. The number of benzene rings is 2. The maximum absolute atomic E-state index is 9.45. The van der Waals surface area contributed by atoms with Crippen molar-refractivity contribution in [2.45, 2.75) is 6.92 Å². The van der Waals surface area contributed by atoms with E-state index in [0.29, 0.717) is 0 Å². The van der Waals surface area contributed by atoms with Crippen LogP contribution in [0.4, 0.5) is 0 Å². The van der Waals surface area contributed by atoms with Crippen molar-refractivity contribution in [1.29, 1.82) is 0 Å². The van der Waals surface area contributed by atoms with Crippen molar-refractivity contribution in [1.82, 2.24) is 9.97 Å².